The Morgan fingerprint density at radius 3 is 2.36 bits per heavy atom. The molecule has 2 rings (SSSR count). The molecule has 0 atom stereocenters. The molecule has 2 aromatic rings. The number of aryl methyl sites for hydroxylation is 2. The van der Waals surface area contributed by atoms with Crippen molar-refractivity contribution in [1.82, 2.24) is 0 Å². The topological polar surface area (TPSA) is 20.3 Å². The van der Waals surface area contributed by atoms with Crippen molar-refractivity contribution < 1.29 is 4.79 Å². The molecular formula is C20H25NO. The summed E-state index contributed by atoms with van der Waals surface area (Å²) in [4.78, 5) is 14.6. The maximum atomic E-state index is 12.7. The van der Waals surface area contributed by atoms with Gasteiger partial charge in [-0.2, -0.15) is 0 Å². The molecule has 0 aromatic heterocycles. The summed E-state index contributed by atoms with van der Waals surface area (Å²) in [7, 11) is 0. The van der Waals surface area contributed by atoms with Crippen LogP contribution in [0.5, 0.6) is 0 Å². The van der Waals surface area contributed by atoms with Gasteiger partial charge in [-0.05, 0) is 62.1 Å². The highest BCUT2D eigenvalue weighted by Gasteiger charge is 2.15. The van der Waals surface area contributed by atoms with Crippen LogP contribution < -0.4 is 4.90 Å². The van der Waals surface area contributed by atoms with Crippen LogP contribution in [0.3, 0.4) is 0 Å². The summed E-state index contributed by atoms with van der Waals surface area (Å²) in [5.74, 6) is 0.0649. The third-order valence-corrected chi connectivity index (χ3v) is 3.89. The van der Waals surface area contributed by atoms with E-state index in [4.69, 9.17) is 0 Å². The molecule has 0 radical (unpaired) electrons. The zero-order valence-electron chi connectivity index (χ0n) is 13.8. The summed E-state index contributed by atoms with van der Waals surface area (Å²) < 4.78 is 0. The molecule has 0 spiro atoms. The zero-order chi connectivity index (χ0) is 15.9. The maximum Gasteiger partial charge on any atom is 0.258 e. The molecule has 116 valence electrons. The van der Waals surface area contributed by atoms with E-state index in [2.05, 4.69) is 25.1 Å². The van der Waals surface area contributed by atoms with Crippen molar-refractivity contribution in [3.63, 3.8) is 0 Å². The molecule has 1 amide bonds. The average Bonchev–Trinajstić information content (AvgIpc) is 2.54. The van der Waals surface area contributed by atoms with Crippen LogP contribution in [0, 0.1) is 6.92 Å². The van der Waals surface area contributed by atoms with E-state index < -0.39 is 0 Å². The molecule has 0 saturated heterocycles. The number of hydrogen-bond donors (Lipinski definition) is 0. The molecule has 0 aliphatic heterocycles. The summed E-state index contributed by atoms with van der Waals surface area (Å²) in [6.07, 6.45) is 3.47. The highest BCUT2D eigenvalue weighted by Crippen LogP contribution is 2.19. The Labute approximate surface area is 133 Å². The number of amides is 1. The smallest absolute Gasteiger partial charge is 0.258 e. The van der Waals surface area contributed by atoms with Gasteiger partial charge in [-0.1, -0.05) is 37.6 Å². The standard InChI is InChI=1S/C20H25NO/c1-4-6-9-17-11-13-18(14-12-17)20(22)21(5-2)19-10-7-8-16(3)15-19/h7-8,10-15H,4-6,9H2,1-3H3. The first-order valence-electron chi connectivity index (χ1n) is 8.13. The van der Waals surface area contributed by atoms with Crippen LogP contribution in [-0.2, 0) is 6.42 Å². The van der Waals surface area contributed by atoms with Gasteiger partial charge in [0.25, 0.3) is 5.91 Å². The van der Waals surface area contributed by atoms with Gasteiger partial charge in [0.15, 0.2) is 0 Å². The van der Waals surface area contributed by atoms with Crippen molar-refractivity contribution >= 4 is 11.6 Å². The summed E-state index contributed by atoms with van der Waals surface area (Å²) >= 11 is 0. The second kappa shape index (κ2) is 7.79. The van der Waals surface area contributed by atoms with Crippen LogP contribution in [0.1, 0.15) is 48.2 Å². The lowest BCUT2D eigenvalue weighted by Gasteiger charge is -2.21. The number of rotatable bonds is 6. The molecule has 2 heteroatoms. The van der Waals surface area contributed by atoms with Gasteiger partial charge in [-0.15, -0.1) is 0 Å². The molecule has 0 unspecified atom stereocenters. The Bertz CT molecular complexity index is 616. The molecular weight excluding hydrogens is 270 g/mol. The van der Waals surface area contributed by atoms with Crippen molar-refractivity contribution in [3.05, 3.63) is 65.2 Å². The summed E-state index contributed by atoms with van der Waals surface area (Å²) in [5, 5.41) is 0. The number of nitrogens with zero attached hydrogens (tertiary/aromatic N) is 1. The maximum absolute atomic E-state index is 12.7. The number of unbranched alkanes of at least 4 members (excludes halogenated alkanes) is 1. The van der Waals surface area contributed by atoms with Crippen molar-refractivity contribution in [3.8, 4) is 0 Å². The van der Waals surface area contributed by atoms with E-state index in [1.54, 1.807) is 0 Å². The van der Waals surface area contributed by atoms with Gasteiger partial charge in [-0.3, -0.25) is 4.79 Å². The largest absolute Gasteiger partial charge is 0.309 e. The average molecular weight is 295 g/mol. The molecule has 2 aromatic carbocycles. The summed E-state index contributed by atoms with van der Waals surface area (Å²) in [6.45, 7) is 6.92. The Hall–Kier alpha value is -2.09. The fourth-order valence-electron chi connectivity index (χ4n) is 2.59. The Kier molecular flexibility index (Phi) is 5.76. The van der Waals surface area contributed by atoms with Gasteiger partial charge in [0.1, 0.15) is 0 Å². The summed E-state index contributed by atoms with van der Waals surface area (Å²) in [6, 6.07) is 16.1. The first-order valence-corrected chi connectivity index (χ1v) is 8.13. The van der Waals surface area contributed by atoms with Gasteiger partial charge in [-0.25, -0.2) is 0 Å². The molecule has 0 fully saturated rings. The lowest BCUT2D eigenvalue weighted by atomic mass is 10.1. The van der Waals surface area contributed by atoms with Gasteiger partial charge in [0.2, 0.25) is 0 Å². The Morgan fingerprint density at radius 2 is 1.77 bits per heavy atom. The molecule has 0 aliphatic carbocycles. The van der Waals surface area contributed by atoms with Crippen LogP contribution in [0.2, 0.25) is 0 Å². The highest BCUT2D eigenvalue weighted by atomic mass is 16.2. The molecule has 22 heavy (non-hydrogen) atoms. The predicted octanol–water partition coefficient (Wildman–Crippen LogP) is 5.00. The van der Waals surface area contributed by atoms with E-state index in [-0.39, 0.29) is 5.91 Å². The van der Waals surface area contributed by atoms with Crippen molar-refractivity contribution in [1.29, 1.82) is 0 Å². The lowest BCUT2D eigenvalue weighted by Crippen LogP contribution is -2.30. The fraction of sp³-hybridized carbons (Fsp3) is 0.350. The van der Waals surface area contributed by atoms with E-state index in [1.807, 2.05) is 49.1 Å². The van der Waals surface area contributed by atoms with E-state index >= 15 is 0 Å². The molecule has 0 saturated carbocycles. The fourth-order valence-corrected chi connectivity index (χ4v) is 2.59. The number of hydrogen-bond acceptors (Lipinski definition) is 1. The normalized spacial score (nSPS) is 10.5. The zero-order valence-corrected chi connectivity index (χ0v) is 13.8. The molecule has 0 heterocycles. The second-order valence-corrected chi connectivity index (χ2v) is 5.69. The highest BCUT2D eigenvalue weighted by molar-refractivity contribution is 6.06. The van der Waals surface area contributed by atoms with Crippen molar-refractivity contribution in [2.75, 3.05) is 11.4 Å². The van der Waals surface area contributed by atoms with Gasteiger partial charge in [0.05, 0.1) is 0 Å². The Balaban J connectivity index is 2.18. The van der Waals surface area contributed by atoms with E-state index in [9.17, 15) is 4.79 Å². The monoisotopic (exact) mass is 295 g/mol. The van der Waals surface area contributed by atoms with Crippen molar-refractivity contribution in [2.24, 2.45) is 0 Å². The number of benzene rings is 2. The van der Waals surface area contributed by atoms with Gasteiger partial charge < -0.3 is 4.90 Å². The SMILES string of the molecule is CCCCc1ccc(C(=O)N(CC)c2cccc(C)c2)cc1. The van der Waals surface area contributed by atoms with E-state index in [0.29, 0.717) is 6.54 Å². The first-order chi connectivity index (χ1) is 10.7. The van der Waals surface area contributed by atoms with E-state index in [0.717, 1.165) is 17.7 Å². The van der Waals surface area contributed by atoms with Crippen LogP contribution >= 0.6 is 0 Å². The third kappa shape index (κ3) is 3.97. The minimum atomic E-state index is 0.0649. The molecule has 0 bridgehead atoms. The minimum absolute atomic E-state index is 0.0649. The minimum Gasteiger partial charge on any atom is -0.309 e. The number of carbonyl (C=O) groups is 1. The summed E-state index contributed by atoms with van der Waals surface area (Å²) in [5.41, 5.74) is 4.18. The predicted molar refractivity (Wildman–Crippen MR) is 93.6 cm³/mol. The van der Waals surface area contributed by atoms with Crippen LogP contribution in [0.15, 0.2) is 48.5 Å². The third-order valence-electron chi connectivity index (χ3n) is 3.89. The second-order valence-electron chi connectivity index (χ2n) is 5.69. The van der Waals surface area contributed by atoms with Crippen molar-refractivity contribution in [2.45, 2.75) is 40.0 Å². The number of anilines is 1. The lowest BCUT2D eigenvalue weighted by molar-refractivity contribution is 0.0988. The molecule has 2 nitrogen and oxygen atoms in total. The van der Waals surface area contributed by atoms with Crippen LogP contribution in [0.25, 0.3) is 0 Å². The Morgan fingerprint density at radius 1 is 1.05 bits per heavy atom. The first kappa shape index (κ1) is 16.3. The van der Waals surface area contributed by atoms with Gasteiger partial charge >= 0.3 is 0 Å². The molecule has 0 N–H and O–H groups in total. The van der Waals surface area contributed by atoms with Crippen LogP contribution in [-0.4, -0.2) is 12.5 Å². The van der Waals surface area contributed by atoms with Crippen LogP contribution in [0.4, 0.5) is 5.69 Å². The van der Waals surface area contributed by atoms with E-state index in [1.165, 1.54) is 24.0 Å². The number of carbonyl (C=O) groups excluding carboxylic acids is 1. The van der Waals surface area contributed by atoms with Gasteiger partial charge in [0, 0.05) is 17.8 Å². The quantitative estimate of drug-likeness (QED) is 0.734. The molecule has 0 aliphatic rings.